The zero-order valence-electron chi connectivity index (χ0n) is 12.3. The summed E-state index contributed by atoms with van der Waals surface area (Å²) in [5.41, 5.74) is 1.17. The summed E-state index contributed by atoms with van der Waals surface area (Å²) in [4.78, 5) is 14.3. The van der Waals surface area contributed by atoms with Gasteiger partial charge in [-0.2, -0.15) is 0 Å². The number of rotatable bonds is 5. The predicted molar refractivity (Wildman–Crippen MR) is 80.9 cm³/mol. The summed E-state index contributed by atoms with van der Waals surface area (Å²) in [7, 11) is 2.06. The summed E-state index contributed by atoms with van der Waals surface area (Å²) >= 11 is 0. The standard InChI is InChI=1S/C16H24N2O2/c1-13(18(2)15-6-4-3-5-7-15)12-17-16(19)14-8-10-20-11-9-14/h3-7,13-14H,8-12H2,1-2H3,(H,17,19)/t13-/m0/s1. The van der Waals surface area contributed by atoms with Gasteiger partial charge in [-0.05, 0) is 31.9 Å². The maximum Gasteiger partial charge on any atom is 0.223 e. The normalized spacial score (nSPS) is 17.5. The molecular weight excluding hydrogens is 252 g/mol. The molecule has 1 aromatic carbocycles. The number of carbonyl (C=O) groups is 1. The molecule has 1 saturated heterocycles. The van der Waals surface area contributed by atoms with Crippen LogP contribution in [0.1, 0.15) is 19.8 Å². The predicted octanol–water partition coefficient (Wildman–Crippen LogP) is 2.05. The van der Waals surface area contributed by atoms with Gasteiger partial charge in [0.25, 0.3) is 0 Å². The van der Waals surface area contributed by atoms with Crippen LogP contribution in [0.4, 0.5) is 5.69 Å². The zero-order valence-corrected chi connectivity index (χ0v) is 12.3. The Morgan fingerprint density at radius 1 is 1.35 bits per heavy atom. The lowest BCUT2D eigenvalue weighted by molar-refractivity contribution is -0.127. The minimum absolute atomic E-state index is 0.123. The van der Waals surface area contributed by atoms with Gasteiger partial charge in [0, 0.05) is 44.5 Å². The monoisotopic (exact) mass is 276 g/mol. The van der Waals surface area contributed by atoms with Crippen molar-refractivity contribution in [2.24, 2.45) is 5.92 Å². The van der Waals surface area contributed by atoms with Crippen LogP contribution in [0.5, 0.6) is 0 Å². The van der Waals surface area contributed by atoms with Crippen LogP contribution < -0.4 is 10.2 Å². The molecule has 4 heteroatoms. The van der Waals surface area contributed by atoms with E-state index in [1.807, 2.05) is 18.2 Å². The first-order valence-electron chi connectivity index (χ1n) is 7.32. The van der Waals surface area contributed by atoms with Gasteiger partial charge < -0.3 is 15.0 Å². The minimum Gasteiger partial charge on any atom is -0.381 e. The number of nitrogens with zero attached hydrogens (tertiary/aromatic N) is 1. The smallest absolute Gasteiger partial charge is 0.223 e. The molecule has 1 amide bonds. The fourth-order valence-electron chi connectivity index (χ4n) is 2.41. The maximum absolute atomic E-state index is 12.1. The fraction of sp³-hybridized carbons (Fsp3) is 0.562. The van der Waals surface area contributed by atoms with Gasteiger partial charge in [0.1, 0.15) is 0 Å². The number of likely N-dealkylation sites (N-methyl/N-ethyl adjacent to an activating group) is 1. The van der Waals surface area contributed by atoms with Crippen molar-refractivity contribution in [1.29, 1.82) is 0 Å². The Kier molecular flexibility index (Phi) is 5.41. The molecule has 0 saturated carbocycles. The molecule has 1 heterocycles. The van der Waals surface area contributed by atoms with Crippen molar-refractivity contribution in [3.05, 3.63) is 30.3 Å². The summed E-state index contributed by atoms with van der Waals surface area (Å²) in [6, 6.07) is 10.5. The van der Waals surface area contributed by atoms with E-state index in [1.54, 1.807) is 0 Å². The molecule has 0 aromatic heterocycles. The highest BCUT2D eigenvalue weighted by molar-refractivity contribution is 5.78. The number of hydrogen-bond acceptors (Lipinski definition) is 3. The molecule has 1 aliphatic rings. The van der Waals surface area contributed by atoms with Crippen molar-refractivity contribution in [1.82, 2.24) is 5.32 Å². The van der Waals surface area contributed by atoms with Gasteiger partial charge in [0.05, 0.1) is 0 Å². The van der Waals surface area contributed by atoms with Crippen molar-refractivity contribution >= 4 is 11.6 Å². The van der Waals surface area contributed by atoms with Crippen LogP contribution in [-0.4, -0.2) is 38.8 Å². The Balaban J connectivity index is 1.79. The van der Waals surface area contributed by atoms with Gasteiger partial charge in [-0.1, -0.05) is 18.2 Å². The second-order valence-electron chi connectivity index (χ2n) is 5.43. The van der Waals surface area contributed by atoms with Gasteiger partial charge in [-0.15, -0.1) is 0 Å². The molecule has 20 heavy (non-hydrogen) atoms. The molecule has 4 nitrogen and oxygen atoms in total. The van der Waals surface area contributed by atoms with E-state index in [0.717, 1.165) is 12.8 Å². The van der Waals surface area contributed by atoms with Crippen LogP contribution in [0.2, 0.25) is 0 Å². The third-order valence-electron chi connectivity index (χ3n) is 3.99. The number of amides is 1. The Labute approximate surface area is 121 Å². The molecule has 1 fully saturated rings. The molecule has 1 atom stereocenters. The van der Waals surface area contributed by atoms with E-state index in [4.69, 9.17) is 4.74 Å². The lowest BCUT2D eigenvalue weighted by atomic mass is 9.99. The van der Waals surface area contributed by atoms with Crippen molar-refractivity contribution in [2.75, 3.05) is 31.7 Å². The van der Waals surface area contributed by atoms with Crippen LogP contribution in [0.15, 0.2) is 30.3 Å². The van der Waals surface area contributed by atoms with E-state index in [-0.39, 0.29) is 17.9 Å². The molecule has 0 aliphatic carbocycles. The molecule has 1 aliphatic heterocycles. The first-order valence-corrected chi connectivity index (χ1v) is 7.32. The summed E-state index contributed by atoms with van der Waals surface area (Å²) in [6.45, 7) is 4.20. The van der Waals surface area contributed by atoms with E-state index >= 15 is 0 Å². The summed E-state index contributed by atoms with van der Waals surface area (Å²) in [5.74, 6) is 0.291. The zero-order chi connectivity index (χ0) is 14.4. The van der Waals surface area contributed by atoms with Gasteiger partial charge in [0.2, 0.25) is 5.91 Å². The molecule has 0 spiro atoms. The number of nitrogens with one attached hydrogen (secondary N) is 1. The molecule has 1 N–H and O–H groups in total. The fourth-order valence-corrected chi connectivity index (χ4v) is 2.41. The van der Waals surface area contributed by atoms with Crippen molar-refractivity contribution in [3.63, 3.8) is 0 Å². The molecule has 2 rings (SSSR count). The Bertz CT molecular complexity index is 416. The minimum atomic E-state index is 0.123. The van der Waals surface area contributed by atoms with Crippen LogP contribution in [0, 0.1) is 5.92 Å². The van der Waals surface area contributed by atoms with Crippen LogP contribution >= 0.6 is 0 Å². The Hall–Kier alpha value is -1.55. The van der Waals surface area contributed by atoms with Crippen LogP contribution in [-0.2, 0) is 9.53 Å². The second kappa shape index (κ2) is 7.29. The van der Waals surface area contributed by atoms with Gasteiger partial charge in [-0.25, -0.2) is 0 Å². The Morgan fingerprint density at radius 2 is 2.00 bits per heavy atom. The molecule has 0 unspecified atom stereocenters. The third kappa shape index (κ3) is 3.97. The highest BCUT2D eigenvalue weighted by atomic mass is 16.5. The van der Waals surface area contributed by atoms with Crippen molar-refractivity contribution in [2.45, 2.75) is 25.8 Å². The highest BCUT2D eigenvalue weighted by Crippen LogP contribution is 2.16. The van der Waals surface area contributed by atoms with Crippen LogP contribution in [0.3, 0.4) is 0 Å². The topological polar surface area (TPSA) is 41.6 Å². The van der Waals surface area contributed by atoms with E-state index < -0.39 is 0 Å². The molecule has 1 aromatic rings. The number of anilines is 1. The van der Waals surface area contributed by atoms with E-state index in [9.17, 15) is 4.79 Å². The third-order valence-corrected chi connectivity index (χ3v) is 3.99. The lowest BCUT2D eigenvalue weighted by Crippen LogP contribution is -2.43. The van der Waals surface area contributed by atoms with Crippen molar-refractivity contribution < 1.29 is 9.53 Å². The molecular formula is C16H24N2O2. The van der Waals surface area contributed by atoms with Crippen molar-refractivity contribution in [3.8, 4) is 0 Å². The number of carbonyl (C=O) groups excluding carboxylic acids is 1. The first-order chi connectivity index (χ1) is 9.68. The van der Waals surface area contributed by atoms with Gasteiger partial charge >= 0.3 is 0 Å². The second-order valence-corrected chi connectivity index (χ2v) is 5.43. The highest BCUT2D eigenvalue weighted by Gasteiger charge is 2.22. The average molecular weight is 276 g/mol. The SMILES string of the molecule is C[C@@H](CNC(=O)C1CCOCC1)N(C)c1ccccc1. The van der Waals surface area contributed by atoms with E-state index in [0.29, 0.717) is 19.8 Å². The maximum atomic E-state index is 12.1. The first kappa shape index (κ1) is 14.9. The average Bonchev–Trinajstić information content (AvgIpc) is 2.53. The summed E-state index contributed by atoms with van der Waals surface area (Å²) in [6.07, 6.45) is 1.68. The van der Waals surface area contributed by atoms with Gasteiger partial charge in [0.15, 0.2) is 0 Å². The molecule has 0 bridgehead atoms. The van der Waals surface area contributed by atoms with Crippen LogP contribution in [0.25, 0.3) is 0 Å². The quantitative estimate of drug-likeness (QED) is 0.895. The largest absolute Gasteiger partial charge is 0.381 e. The number of para-hydroxylation sites is 1. The summed E-state index contributed by atoms with van der Waals surface area (Å²) < 4.78 is 5.28. The molecule has 110 valence electrons. The number of ether oxygens (including phenoxy) is 1. The molecule has 0 radical (unpaired) electrons. The van der Waals surface area contributed by atoms with E-state index in [1.165, 1.54) is 5.69 Å². The lowest BCUT2D eigenvalue weighted by Gasteiger charge is -2.28. The number of hydrogen-bond donors (Lipinski definition) is 1. The summed E-state index contributed by atoms with van der Waals surface area (Å²) in [5, 5.41) is 3.07. The van der Waals surface area contributed by atoms with Gasteiger partial charge in [-0.3, -0.25) is 4.79 Å². The number of benzene rings is 1. The van der Waals surface area contributed by atoms with E-state index in [2.05, 4.69) is 36.3 Å². The Morgan fingerprint density at radius 3 is 2.65 bits per heavy atom.